The van der Waals surface area contributed by atoms with E-state index >= 15 is 0 Å². The van der Waals surface area contributed by atoms with Gasteiger partial charge in [-0.3, -0.25) is 14.6 Å². The highest BCUT2D eigenvalue weighted by Gasteiger charge is 2.24. The molecule has 160 valence electrons. The lowest BCUT2D eigenvalue weighted by molar-refractivity contribution is -0.118. The van der Waals surface area contributed by atoms with E-state index in [1.165, 1.54) is 18.4 Å². The molecular formula is C18H25BrN4O4S2. The third kappa shape index (κ3) is 6.19. The van der Waals surface area contributed by atoms with E-state index in [0.717, 1.165) is 64.5 Å². The summed E-state index contributed by atoms with van der Waals surface area (Å²) in [7, 11) is -2.03. The number of fused-ring (bicyclic) bond motifs is 1. The van der Waals surface area contributed by atoms with E-state index in [4.69, 9.17) is 4.74 Å². The molecule has 0 saturated carbocycles. The number of carbonyl (C=O) groups excluding carboxylic acids is 1. The molecular weight excluding hydrogens is 480 g/mol. The summed E-state index contributed by atoms with van der Waals surface area (Å²) >= 11 is 4.89. The van der Waals surface area contributed by atoms with Crippen molar-refractivity contribution < 1.29 is 17.9 Å². The summed E-state index contributed by atoms with van der Waals surface area (Å²) in [5.74, 6) is -0.280. The average molecular weight is 505 g/mol. The number of amides is 1. The summed E-state index contributed by atoms with van der Waals surface area (Å²) in [6.45, 7) is 4.36. The van der Waals surface area contributed by atoms with Crippen molar-refractivity contribution in [3.63, 3.8) is 0 Å². The second kappa shape index (κ2) is 9.80. The van der Waals surface area contributed by atoms with Gasteiger partial charge in [-0.05, 0) is 24.6 Å². The highest BCUT2D eigenvalue weighted by molar-refractivity contribution is 9.10. The van der Waals surface area contributed by atoms with Crippen molar-refractivity contribution in [1.82, 2.24) is 14.2 Å². The number of benzene rings is 1. The number of carbonyl (C=O) groups is 1. The van der Waals surface area contributed by atoms with Gasteiger partial charge >= 0.3 is 0 Å². The highest BCUT2D eigenvalue weighted by atomic mass is 79.9. The fourth-order valence-corrected chi connectivity index (χ4v) is 4.90. The first-order chi connectivity index (χ1) is 13.7. The number of rotatable bonds is 8. The number of hydrogen-bond acceptors (Lipinski definition) is 7. The van der Waals surface area contributed by atoms with Crippen molar-refractivity contribution >= 4 is 58.5 Å². The van der Waals surface area contributed by atoms with E-state index in [1.54, 1.807) is 4.90 Å². The standard InChI is InChI=1S/C18H25BrN4O4S2/c1-21(29(2,25)26)13-17(24)23(7-3-6-22-8-10-27-11-9-22)18-20-15-5-4-14(19)12-16(15)28-18/h4-5,12H,3,6-11,13H2,1-2H3. The molecule has 2 aromatic rings. The molecule has 0 bridgehead atoms. The summed E-state index contributed by atoms with van der Waals surface area (Å²) < 4.78 is 31.8. The van der Waals surface area contributed by atoms with Gasteiger partial charge < -0.3 is 4.74 Å². The van der Waals surface area contributed by atoms with Gasteiger partial charge in [-0.1, -0.05) is 27.3 Å². The van der Waals surface area contributed by atoms with Crippen LogP contribution in [0.1, 0.15) is 6.42 Å². The first kappa shape index (κ1) is 22.6. The number of hydrogen-bond donors (Lipinski definition) is 0. The summed E-state index contributed by atoms with van der Waals surface area (Å²) in [5.41, 5.74) is 0.815. The molecule has 1 aromatic heterocycles. The summed E-state index contributed by atoms with van der Waals surface area (Å²) in [5, 5.41) is 0.590. The van der Waals surface area contributed by atoms with Crippen molar-refractivity contribution in [2.75, 3.05) is 64.1 Å². The van der Waals surface area contributed by atoms with Gasteiger partial charge in [0.05, 0.1) is 36.2 Å². The molecule has 29 heavy (non-hydrogen) atoms. The predicted molar refractivity (Wildman–Crippen MR) is 119 cm³/mol. The summed E-state index contributed by atoms with van der Waals surface area (Å²) in [6.07, 6.45) is 1.87. The lowest BCUT2D eigenvalue weighted by Gasteiger charge is -2.28. The molecule has 0 unspecified atom stereocenters. The number of morpholine rings is 1. The molecule has 11 heteroatoms. The Morgan fingerprint density at radius 1 is 1.34 bits per heavy atom. The Labute approximate surface area is 183 Å². The molecule has 0 radical (unpaired) electrons. The van der Waals surface area contributed by atoms with Gasteiger partial charge in [0.2, 0.25) is 15.9 Å². The van der Waals surface area contributed by atoms with Crippen LogP contribution in [0, 0.1) is 0 Å². The van der Waals surface area contributed by atoms with Crippen LogP contribution >= 0.6 is 27.3 Å². The lowest BCUT2D eigenvalue weighted by Crippen LogP contribution is -2.43. The molecule has 1 fully saturated rings. The van der Waals surface area contributed by atoms with Gasteiger partial charge in [0, 0.05) is 37.7 Å². The quantitative estimate of drug-likeness (QED) is 0.546. The molecule has 0 spiro atoms. The van der Waals surface area contributed by atoms with Gasteiger partial charge in [-0.2, -0.15) is 4.31 Å². The molecule has 2 heterocycles. The molecule has 0 N–H and O–H groups in total. The molecule has 1 saturated heterocycles. The topological polar surface area (TPSA) is 83.1 Å². The molecule has 1 amide bonds. The Morgan fingerprint density at radius 3 is 2.76 bits per heavy atom. The Morgan fingerprint density at radius 2 is 2.07 bits per heavy atom. The number of aromatic nitrogens is 1. The number of anilines is 1. The molecule has 1 aromatic carbocycles. The number of likely N-dealkylation sites (N-methyl/N-ethyl adjacent to an activating group) is 1. The lowest BCUT2D eigenvalue weighted by atomic mass is 10.3. The maximum absolute atomic E-state index is 13.0. The Balaban J connectivity index is 1.76. The van der Waals surface area contributed by atoms with Crippen LogP contribution in [0.2, 0.25) is 0 Å². The largest absolute Gasteiger partial charge is 0.379 e. The van der Waals surface area contributed by atoms with E-state index in [0.29, 0.717) is 11.7 Å². The first-order valence-electron chi connectivity index (χ1n) is 9.32. The monoisotopic (exact) mass is 504 g/mol. The number of sulfonamides is 1. The molecule has 8 nitrogen and oxygen atoms in total. The van der Waals surface area contributed by atoms with Crippen molar-refractivity contribution in [3.05, 3.63) is 22.7 Å². The van der Waals surface area contributed by atoms with E-state index < -0.39 is 10.0 Å². The third-order valence-corrected chi connectivity index (χ3v) is 7.55. The summed E-state index contributed by atoms with van der Waals surface area (Å²) in [4.78, 5) is 21.5. The van der Waals surface area contributed by atoms with Crippen LogP contribution < -0.4 is 4.90 Å². The molecule has 0 atom stereocenters. The second-order valence-electron chi connectivity index (χ2n) is 6.98. The smallest absolute Gasteiger partial charge is 0.244 e. The van der Waals surface area contributed by atoms with Crippen LogP contribution in [0.3, 0.4) is 0 Å². The molecule has 3 rings (SSSR count). The van der Waals surface area contributed by atoms with Crippen LogP contribution in [0.4, 0.5) is 5.13 Å². The van der Waals surface area contributed by atoms with Gasteiger partial charge in [0.15, 0.2) is 5.13 Å². The summed E-state index contributed by atoms with van der Waals surface area (Å²) in [6, 6.07) is 5.78. The van der Waals surface area contributed by atoms with Gasteiger partial charge in [0.1, 0.15) is 0 Å². The predicted octanol–water partition coefficient (Wildman–Crippen LogP) is 2.01. The van der Waals surface area contributed by atoms with Crippen LogP contribution in [0.5, 0.6) is 0 Å². The Hall–Kier alpha value is -1.11. The molecule has 1 aliphatic rings. The maximum atomic E-state index is 13.0. The van der Waals surface area contributed by atoms with Gasteiger partial charge in [0.25, 0.3) is 0 Å². The zero-order valence-corrected chi connectivity index (χ0v) is 19.7. The number of nitrogens with zero attached hydrogens (tertiary/aromatic N) is 4. The number of thiazole rings is 1. The second-order valence-corrected chi connectivity index (χ2v) is 11.0. The minimum absolute atomic E-state index is 0.212. The fraction of sp³-hybridized carbons (Fsp3) is 0.556. The van der Waals surface area contributed by atoms with Gasteiger partial charge in [-0.15, -0.1) is 0 Å². The van der Waals surface area contributed by atoms with Crippen LogP contribution in [0.25, 0.3) is 10.2 Å². The van der Waals surface area contributed by atoms with Crippen molar-refractivity contribution in [3.8, 4) is 0 Å². The average Bonchev–Trinajstić information content (AvgIpc) is 3.07. The molecule has 0 aliphatic carbocycles. The normalized spacial score (nSPS) is 15.9. The van der Waals surface area contributed by atoms with E-state index in [2.05, 4.69) is 25.8 Å². The highest BCUT2D eigenvalue weighted by Crippen LogP contribution is 2.31. The van der Waals surface area contributed by atoms with Crippen LogP contribution in [-0.4, -0.2) is 87.8 Å². The minimum atomic E-state index is -3.44. The van der Waals surface area contributed by atoms with Crippen LogP contribution in [-0.2, 0) is 19.6 Å². The Bertz CT molecular complexity index is 960. The number of ether oxygens (including phenoxy) is 1. The van der Waals surface area contributed by atoms with E-state index in [1.807, 2.05) is 18.2 Å². The van der Waals surface area contributed by atoms with Crippen molar-refractivity contribution in [2.45, 2.75) is 6.42 Å². The number of halogens is 1. The zero-order chi connectivity index (χ0) is 21.0. The maximum Gasteiger partial charge on any atom is 0.244 e. The first-order valence-corrected chi connectivity index (χ1v) is 12.8. The minimum Gasteiger partial charge on any atom is -0.379 e. The Kier molecular flexibility index (Phi) is 7.63. The third-order valence-electron chi connectivity index (χ3n) is 4.75. The van der Waals surface area contributed by atoms with Gasteiger partial charge in [-0.25, -0.2) is 13.4 Å². The van der Waals surface area contributed by atoms with Crippen LogP contribution in [0.15, 0.2) is 22.7 Å². The SMILES string of the molecule is CN(CC(=O)N(CCCN1CCOCC1)c1nc2ccc(Br)cc2s1)S(C)(=O)=O. The van der Waals surface area contributed by atoms with E-state index in [-0.39, 0.29) is 12.5 Å². The van der Waals surface area contributed by atoms with E-state index in [9.17, 15) is 13.2 Å². The molecule has 1 aliphatic heterocycles. The van der Waals surface area contributed by atoms with Crippen molar-refractivity contribution in [1.29, 1.82) is 0 Å². The fourth-order valence-electron chi connectivity index (χ4n) is 3.00. The zero-order valence-electron chi connectivity index (χ0n) is 16.5. The van der Waals surface area contributed by atoms with Crippen molar-refractivity contribution in [2.24, 2.45) is 0 Å².